The Hall–Kier alpha value is -0.900. The first-order valence-electron chi connectivity index (χ1n) is 3.40. The van der Waals surface area contributed by atoms with Crippen LogP contribution >= 0.6 is 11.6 Å². The van der Waals surface area contributed by atoms with Crippen LogP contribution in [-0.2, 0) is 12.1 Å². The van der Waals surface area contributed by atoms with Gasteiger partial charge in [-0.25, -0.2) is 0 Å². The van der Waals surface area contributed by atoms with Crippen LogP contribution in [0.5, 0.6) is 5.75 Å². The van der Waals surface area contributed by atoms with Gasteiger partial charge >= 0.3 is 6.18 Å². The fourth-order valence-electron chi connectivity index (χ4n) is 0.869. The Morgan fingerprint density at radius 3 is 2.38 bits per heavy atom. The molecule has 13 heavy (non-hydrogen) atoms. The molecule has 0 bridgehead atoms. The number of rotatable bonds is 1. The third-order valence-corrected chi connectivity index (χ3v) is 1.84. The van der Waals surface area contributed by atoms with Gasteiger partial charge in [-0.2, -0.15) is 13.2 Å². The van der Waals surface area contributed by atoms with Gasteiger partial charge in [-0.3, -0.25) is 0 Å². The second kappa shape index (κ2) is 3.46. The van der Waals surface area contributed by atoms with Crippen molar-refractivity contribution in [2.24, 2.45) is 0 Å². The lowest BCUT2D eigenvalue weighted by Crippen LogP contribution is -2.04. The summed E-state index contributed by atoms with van der Waals surface area (Å²) in [5.74, 6) is -0.363. The zero-order valence-electron chi connectivity index (χ0n) is 6.40. The van der Waals surface area contributed by atoms with Crippen LogP contribution in [0.15, 0.2) is 18.2 Å². The molecule has 0 heterocycles. The predicted molar refractivity (Wildman–Crippen MR) is 42.7 cm³/mol. The minimum atomic E-state index is -4.39. The van der Waals surface area contributed by atoms with Crippen LogP contribution in [-0.4, -0.2) is 5.11 Å². The fourth-order valence-corrected chi connectivity index (χ4v) is 1.08. The van der Waals surface area contributed by atoms with E-state index in [0.29, 0.717) is 0 Å². The summed E-state index contributed by atoms with van der Waals surface area (Å²) in [6.07, 6.45) is -4.39. The Kier molecular flexibility index (Phi) is 2.71. The van der Waals surface area contributed by atoms with Crippen LogP contribution in [0.2, 0.25) is 0 Å². The van der Waals surface area contributed by atoms with Crippen LogP contribution in [0.25, 0.3) is 0 Å². The van der Waals surface area contributed by atoms with Crippen LogP contribution in [0, 0.1) is 0 Å². The van der Waals surface area contributed by atoms with E-state index in [9.17, 15) is 13.2 Å². The molecular weight excluding hydrogens is 205 g/mol. The SMILES string of the molecule is Oc1ccc(C(F)(F)F)cc1CCl. The van der Waals surface area contributed by atoms with E-state index in [2.05, 4.69) is 0 Å². The normalized spacial score (nSPS) is 11.7. The lowest BCUT2D eigenvalue weighted by atomic mass is 10.1. The predicted octanol–water partition coefficient (Wildman–Crippen LogP) is 3.15. The van der Waals surface area contributed by atoms with Crippen molar-refractivity contribution in [3.8, 4) is 5.75 Å². The van der Waals surface area contributed by atoms with Crippen molar-refractivity contribution in [2.45, 2.75) is 12.1 Å². The van der Waals surface area contributed by atoms with E-state index < -0.39 is 11.7 Å². The number of phenols is 1. The van der Waals surface area contributed by atoms with Crippen molar-refractivity contribution in [1.29, 1.82) is 0 Å². The zero-order chi connectivity index (χ0) is 10.1. The van der Waals surface area contributed by atoms with Gasteiger partial charge in [0, 0.05) is 5.56 Å². The van der Waals surface area contributed by atoms with Gasteiger partial charge < -0.3 is 5.11 Å². The number of benzene rings is 1. The maximum atomic E-state index is 12.1. The molecule has 72 valence electrons. The maximum absolute atomic E-state index is 12.1. The van der Waals surface area contributed by atoms with E-state index in [1.165, 1.54) is 0 Å². The smallest absolute Gasteiger partial charge is 0.416 e. The maximum Gasteiger partial charge on any atom is 0.416 e. The minimum Gasteiger partial charge on any atom is -0.508 e. The number of hydrogen-bond acceptors (Lipinski definition) is 1. The molecule has 0 aromatic heterocycles. The molecule has 1 N–H and O–H groups in total. The van der Waals surface area contributed by atoms with Gasteiger partial charge in [0.25, 0.3) is 0 Å². The molecule has 0 amide bonds. The summed E-state index contributed by atoms with van der Waals surface area (Å²) in [7, 11) is 0. The number of halogens is 4. The molecule has 0 radical (unpaired) electrons. The summed E-state index contributed by atoms with van der Waals surface area (Å²) in [5, 5.41) is 9.05. The van der Waals surface area contributed by atoms with Gasteiger partial charge in [0.05, 0.1) is 11.4 Å². The average Bonchev–Trinajstić information content (AvgIpc) is 2.03. The molecule has 0 aliphatic rings. The highest BCUT2D eigenvalue weighted by Crippen LogP contribution is 2.32. The molecule has 0 aliphatic carbocycles. The highest BCUT2D eigenvalue weighted by molar-refractivity contribution is 6.17. The first-order valence-corrected chi connectivity index (χ1v) is 3.93. The summed E-state index contributed by atoms with van der Waals surface area (Å²) in [6.45, 7) is 0. The topological polar surface area (TPSA) is 20.2 Å². The van der Waals surface area contributed by atoms with Crippen molar-refractivity contribution in [1.82, 2.24) is 0 Å². The molecule has 0 spiro atoms. The first-order chi connectivity index (χ1) is 5.95. The molecule has 1 nitrogen and oxygen atoms in total. The molecule has 0 saturated heterocycles. The lowest BCUT2D eigenvalue weighted by Gasteiger charge is -2.08. The molecule has 1 aromatic carbocycles. The van der Waals surface area contributed by atoms with Crippen molar-refractivity contribution in [3.05, 3.63) is 29.3 Å². The van der Waals surface area contributed by atoms with Crippen LogP contribution in [0.4, 0.5) is 13.2 Å². The quantitative estimate of drug-likeness (QED) is 0.706. The van der Waals surface area contributed by atoms with E-state index in [0.717, 1.165) is 18.2 Å². The number of alkyl halides is 4. The molecule has 0 aliphatic heterocycles. The molecule has 1 rings (SSSR count). The Labute approximate surface area is 77.8 Å². The third kappa shape index (κ3) is 2.28. The highest BCUT2D eigenvalue weighted by atomic mass is 35.5. The van der Waals surface area contributed by atoms with E-state index in [1.807, 2.05) is 0 Å². The second-order valence-electron chi connectivity index (χ2n) is 2.47. The Balaban J connectivity index is 3.14. The van der Waals surface area contributed by atoms with Crippen LogP contribution in [0.3, 0.4) is 0 Å². The molecule has 0 saturated carbocycles. The molecule has 0 fully saturated rings. The second-order valence-corrected chi connectivity index (χ2v) is 2.74. The lowest BCUT2D eigenvalue weighted by molar-refractivity contribution is -0.137. The van der Waals surface area contributed by atoms with Gasteiger partial charge in [0.1, 0.15) is 5.75 Å². The number of aromatic hydroxyl groups is 1. The Bertz CT molecular complexity index is 309. The van der Waals surface area contributed by atoms with Gasteiger partial charge in [-0.05, 0) is 18.2 Å². The summed E-state index contributed by atoms with van der Waals surface area (Å²) >= 11 is 5.33. The molecule has 0 atom stereocenters. The van der Waals surface area contributed by atoms with Crippen molar-refractivity contribution < 1.29 is 18.3 Å². The summed E-state index contributed by atoms with van der Waals surface area (Å²) < 4.78 is 36.3. The molecular formula is C8H6ClF3O. The third-order valence-electron chi connectivity index (χ3n) is 1.55. The van der Waals surface area contributed by atoms with Gasteiger partial charge in [-0.15, -0.1) is 11.6 Å². The summed E-state index contributed by atoms with van der Waals surface area (Å²) in [5.41, 5.74) is -0.725. The Morgan fingerprint density at radius 2 is 1.92 bits per heavy atom. The highest BCUT2D eigenvalue weighted by Gasteiger charge is 2.30. The Morgan fingerprint density at radius 1 is 1.31 bits per heavy atom. The largest absolute Gasteiger partial charge is 0.508 e. The monoisotopic (exact) mass is 210 g/mol. The minimum absolute atomic E-state index is 0.0801. The fraction of sp³-hybridized carbons (Fsp3) is 0.250. The first kappa shape index (κ1) is 10.2. The number of phenolic OH excluding ortho intramolecular Hbond substituents is 1. The van der Waals surface area contributed by atoms with Crippen molar-refractivity contribution in [3.63, 3.8) is 0 Å². The van der Waals surface area contributed by atoms with E-state index in [-0.39, 0.29) is 17.2 Å². The standard InChI is InChI=1S/C8H6ClF3O/c9-4-5-3-6(8(10,11)12)1-2-7(5)13/h1-3,13H,4H2. The van der Waals surface area contributed by atoms with E-state index in [1.54, 1.807) is 0 Å². The van der Waals surface area contributed by atoms with Crippen molar-refractivity contribution >= 4 is 11.6 Å². The number of hydrogen-bond donors (Lipinski definition) is 1. The van der Waals surface area contributed by atoms with Gasteiger partial charge in [0.15, 0.2) is 0 Å². The van der Waals surface area contributed by atoms with Crippen molar-refractivity contribution in [2.75, 3.05) is 0 Å². The van der Waals surface area contributed by atoms with E-state index >= 15 is 0 Å². The molecule has 0 unspecified atom stereocenters. The van der Waals surface area contributed by atoms with Crippen LogP contribution in [0.1, 0.15) is 11.1 Å². The average molecular weight is 211 g/mol. The molecule has 5 heteroatoms. The summed E-state index contributed by atoms with van der Waals surface area (Å²) in [4.78, 5) is 0. The van der Waals surface area contributed by atoms with Gasteiger partial charge in [-0.1, -0.05) is 0 Å². The van der Waals surface area contributed by atoms with E-state index in [4.69, 9.17) is 16.7 Å². The van der Waals surface area contributed by atoms with Gasteiger partial charge in [0.2, 0.25) is 0 Å². The van der Waals surface area contributed by atoms with Crippen LogP contribution < -0.4 is 0 Å². The zero-order valence-corrected chi connectivity index (χ0v) is 7.15. The summed E-state index contributed by atoms with van der Waals surface area (Å²) in [6, 6.07) is 2.63. The molecule has 1 aromatic rings.